The third-order valence-corrected chi connectivity index (χ3v) is 3.13. The van der Waals surface area contributed by atoms with Gasteiger partial charge in [-0.25, -0.2) is 0 Å². The molecule has 0 rings (SSSR count). The Bertz CT molecular complexity index is 118. The van der Waals surface area contributed by atoms with Crippen LogP contribution >= 0.6 is 0 Å². The second-order valence-electron chi connectivity index (χ2n) is 4.84. The Morgan fingerprint density at radius 1 is 1.08 bits per heavy atom. The molecule has 0 heterocycles. The van der Waals surface area contributed by atoms with Crippen LogP contribution in [0, 0.1) is 11.8 Å². The lowest BCUT2D eigenvalue weighted by atomic mass is 9.86. The molecule has 2 atom stereocenters. The van der Waals surface area contributed by atoms with Gasteiger partial charge in [-0.05, 0) is 39.3 Å². The molecule has 0 aromatic rings. The Labute approximate surface area is 84.5 Å². The normalized spacial score (nSPS) is 16.6. The predicted molar refractivity (Wildman–Crippen MR) is 61.0 cm³/mol. The molecule has 0 aliphatic carbocycles. The summed E-state index contributed by atoms with van der Waals surface area (Å²) in [7, 11) is 4.35. The van der Waals surface area contributed by atoms with Gasteiger partial charge >= 0.3 is 0 Å². The molecule has 0 spiro atoms. The van der Waals surface area contributed by atoms with Crippen LogP contribution in [0.2, 0.25) is 0 Å². The van der Waals surface area contributed by atoms with E-state index < -0.39 is 0 Å². The lowest BCUT2D eigenvalue weighted by Gasteiger charge is -2.27. The topological polar surface area (TPSA) is 3.24 Å². The maximum absolute atomic E-state index is 2.35. The molecular formula is C12H27N. The second-order valence-corrected chi connectivity index (χ2v) is 4.84. The fraction of sp³-hybridized carbons (Fsp3) is 1.00. The minimum Gasteiger partial charge on any atom is -0.307 e. The van der Waals surface area contributed by atoms with E-state index in [-0.39, 0.29) is 0 Å². The van der Waals surface area contributed by atoms with E-state index in [1.54, 1.807) is 0 Å². The monoisotopic (exact) mass is 185 g/mol. The van der Waals surface area contributed by atoms with Crippen LogP contribution in [0.3, 0.4) is 0 Å². The van der Waals surface area contributed by atoms with Crippen LogP contribution in [0.1, 0.15) is 47.0 Å². The highest BCUT2D eigenvalue weighted by atomic mass is 15.1. The van der Waals surface area contributed by atoms with Crippen molar-refractivity contribution in [1.29, 1.82) is 0 Å². The molecular weight excluding hydrogens is 158 g/mol. The third-order valence-electron chi connectivity index (χ3n) is 3.13. The van der Waals surface area contributed by atoms with Crippen molar-refractivity contribution in [2.45, 2.75) is 53.0 Å². The SMILES string of the molecule is CCCC(CC(C)N(C)C)C(C)C. The zero-order valence-electron chi connectivity index (χ0n) is 10.3. The van der Waals surface area contributed by atoms with Crippen molar-refractivity contribution in [3.8, 4) is 0 Å². The molecule has 0 N–H and O–H groups in total. The standard InChI is InChI=1S/C12H27N/c1-7-8-12(10(2)3)9-11(4)13(5)6/h10-12H,7-9H2,1-6H3. The van der Waals surface area contributed by atoms with Crippen LogP contribution in [0.4, 0.5) is 0 Å². The molecule has 0 radical (unpaired) electrons. The molecule has 0 bridgehead atoms. The van der Waals surface area contributed by atoms with Gasteiger partial charge in [0, 0.05) is 6.04 Å². The summed E-state index contributed by atoms with van der Waals surface area (Å²) < 4.78 is 0. The van der Waals surface area contributed by atoms with E-state index in [0.29, 0.717) is 0 Å². The first kappa shape index (κ1) is 13.0. The van der Waals surface area contributed by atoms with E-state index >= 15 is 0 Å². The molecule has 0 saturated heterocycles. The first-order valence-corrected chi connectivity index (χ1v) is 5.65. The number of hydrogen-bond acceptors (Lipinski definition) is 1. The lowest BCUT2D eigenvalue weighted by molar-refractivity contribution is 0.222. The molecule has 0 aromatic carbocycles. The number of rotatable bonds is 6. The maximum atomic E-state index is 2.35. The minimum atomic E-state index is 0.721. The van der Waals surface area contributed by atoms with Crippen molar-refractivity contribution in [1.82, 2.24) is 4.90 Å². The Balaban J connectivity index is 3.94. The summed E-state index contributed by atoms with van der Waals surface area (Å²) in [6.07, 6.45) is 4.05. The fourth-order valence-electron chi connectivity index (χ4n) is 1.74. The highest BCUT2D eigenvalue weighted by molar-refractivity contribution is 4.69. The summed E-state index contributed by atoms with van der Waals surface area (Å²) in [6.45, 7) is 9.31. The van der Waals surface area contributed by atoms with Gasteiger partial charge < -0.3 is 4.90 Å². The van der Waals surface area contributed by atoms with Crippen molar-refractivity contribution in [3.05, 3.63) is 0 Å². The smallest absolute Gasteiger partial charge is 0.00635 e. The van der Waals surface area contributed by atoms with E-state index in [0.717, 1.165) is 17.9 Å². The van der Waals surface area contributed by atoms with Crippen molar-refractivity contribution in [2.75, 3.05) is 14.1 Å². The highest BCUT2D eigenvalue weighted by Crippen LogP contribution is 2.23. The van der Waals surface area contributed by atoms with Gasteiger partial charge in [0.25, 0.3) is 0 Å². The van der Waals surface area contributed by atoms with Crippen LogP contribution in [0.5, 0.6) is 0 Å². The van der Waals surface area contributed by atoms with Gasteiger partial charge in [0.2, 0.25) is 0 Å². The number of hydrogen-bond donors (Lipinski definition) is 0. The third kappa shape index (κ3) is 5.30. The second kappa shape index (κ2) is 6.42. The van der Waals surface area contributed by atoms with Crippen LogP contribution in [0.15, 0.2) is 0 Å². The lowest BCUT2D eigenvalue weighted by Crippen LogP contribution is -2.28. The van der Waals surface area contributed by atoms with Gasteiger partial charge in [-0.15, -0.1) is 0 Å². The average Bonchev–Trinajstić information content (AvgIpc) is 2.03. The van der Waals surface area contributed by atoms with E-state index in [4.69, 9.17) is 0 Å². The van der Waals surface area contributed by atoms with Crippen molar-refractivity contribution < 1.29 is 0 Å². The van der Waals surface area contributed by atoms with Crippen molar-refractivity contribution in [3.63, 3.8) is 0 Å². The molecule has 0 aliphatic rings. The Morgan fingerprint density at radius 3 is 1.92 bits per heavy atom. The summed E-state index contributed by atoms with van der Waals surface area (Å²) >= 11 is 0. The van der Waals surface area contributed by atoms with E-state index in [2.05, 4.69) is 46.7 Å². The van der Waals surface area contributed by atoms with E-state index in [1.165, 1.54) is 19.3 Å². The number of nitrogens with zero attached hydrogens (tertiary/aromatic N) is 1. The Kier molecular flexibility index (Phi) is 6.40. The first-order chi connectivity index (χ1) is 5.99. The molecule has 13 heavy (non-hydrogen) atoms. The van der Waals surface area contributed by atoms with Gasteiger partial charge in [-0.2, -0.15) is 0 Å². The average molecular weight is 185 g/mol. The minimum absolute atomic E-state index is 0.721. The molecule has 0 aliphatic heterocycles. The van der Waals surface area contributed by atoms with Gasteiger partial charge in [-0.1, -0.05) is 33.6 Å². The molecule has 0 saturated carbocycles. The zero-order chi connectivity index (χ0) is 10.4. The highest BCUT2D eigenvalue weighted by Gasteiger charge is 2.16. The first-order valence-electron chi connectivity index (χ1n) is 5.65. The molecule has 0 amide bonds. The molecule has 1 nitrogen and oxygen atoms in total. The van der Waals surface area contributed by atoms with Crippen LogP contribution < -0.4 is 0 Å². The predicted octanol–water partition coefficient (Wildman–Crippen LogP) is 3.40. The summed E-state index contributed by atoms with van der Waals surface area (Å²) in [6, 6.07) is 0.721. The zero-order valence-corrected chi connectivity index (χ0v) is 10.3. The Morgan fingerprint density at radius 2 is 1.62 bits per heavy atom. The van der Waals surface area contributed by atoms with E-state index in [1.807, 2.05) is 0 Å². The quantitative estimate of drug-likeness (QED) is 0.613. The van der Waals surface area contributed by atoms with Crippen LogP contribution in [-0.2, 0) is 0 Å². The van der Waals surface area contributed by atoms with Gasteiger partial charge in [-0.3, -0.25) is 0 Å². The molecule has 2 unspecified atom stereocenters. The summed E-state index contributed by atoms with van der Waals surface area (Å²) in [5.41, 5.74) is 0. The van der Waals surface area contributed by atoms with Gasteiger partial charge in [0.05, 0.1) is 0 Å². The van der Waals surface area contributed by atoms with Crippen molar-refractivity contribution in [2.24, 2.45) is 11.8 Å². The molecule has 0 fully saturated rings. The largest absolute Gasteiger partial charge is 0.307 e. The van der Waals surface area contributed by atoms with Crippen LogP contribution in [-0.4, -0.2) is 25.0 Å². The van der Waals surface area contributed by atoms with Gasteiger partial charge in [0.15, 0.2) is 0 Å². The summed E-state index contributed by atoms with van der Waals surface area (Å²) in [5.74, 6) is 1.74. The molecule has 80 valence electrons. The summed E-state index contributed by atoms with van der Waals surface area (Å²) in [4.78, 5) is 2.32. The van der Waals surface area contributed by atoms with E-state index in [9.17, 15) is 0 Å². The fourth-order valence-corrected chi connectivity index (χ4v) is 1.74. The summed E-state index contributed by atoms with van der Waals surface area (Å²) in [5, 5.41) is 0. The molecule has 0 aromatic heterocycles. The molecule has 1 heteroatoms. The maximum Gasteiger partial charge on any atom is 0.00635 e. The van der Waals surface area contributed by atoms with Crippen molar-refractivity contribution >= 4 is 0 Å². The van der Waals surface area contributed by atoms with Gasteiger partial charge in [0.1, 0.15) is 0 Å². The Hall–Kier alpha value is -0.0400. The van der Waals surface area contributed by atoms with Crippen LogP contribution in [0.25, 0.3) is 0 Å².